The fraction of sp³-hybridized carbons (Fsp3) is 0.125. The lowest BCUT2D eigenvalue weighted by molar-refractivity contribution is -0.116. The predicted molar refractivity (Wildman–Crippen MR) is 156 cm³/mol. The van der Waals surface area contributed by atoms with E-state index in [2.05, 4.69) is 15.6 Å². The van der Waals surface area contributed by atoms with Crippen LogP contribution in [0.25, 0.3) is 44.3 Å². The number of aromatic hydroxyl groups is 1. The molecule has 41 heavy (non-hydrogen) atoms. The first kappa shape index (κ1) is 25.8. The third-order valence-electron chi connectivity index (χ3n) is 6.97. The number of carboxylic acid groups (broad SMARTS) is 1. The molecule has 0 aliphatic rings. The first-order valence-corrected chi connectivity index (χ1v) is 13.1. The van der Waals surface area contributed by atoms with Crippen LogP contribution >= 0.6 is 0 Å². The van der Waals surface area contributed by atoms with Crippen LogP contribution in [-0.2, 0) is 11.3 Å². The second kappa shape index (κ2) is 10.6. The van der Waals surface area contributed by atoms with E-state index in [1.807, 2.05) is 73.7 Å². The molecule has 0 atom stereocenters. The number of hydrogen-bond donors (Lipinski definition) is 3. The Balaban J connectivity index is 1.22. The number of amides is 1. The van der Waals surface area contributed by atoms with Gasteiger partial charge in [-0.25, -0.2) is 4.79 Å². The number of hydrogen-bond acceptors (Lipinski definition) is 6. The molecule has 2 heterocycles. The van der Waals surface area contributed by atoms with Gasteiger partial charge in [-0.1, -0.05) is 65.4 Å². The second-order valence-corrected chi connectivity index (χ2v) is 9.92. The highest BCUT2D eigenvalue weighted by Crippen LogP contribution is 2.42. The number of carbonyl (C=O) groups is 2. The molecule has 204 valence electrons. The van der Waals surface area contributed by atoms with Crippen molar-refractivity contribution in [3.05, 3.63) is 96.2 Å². The molecule has 0 radical (unpaired) electrons. The van der Waals surface area contributed by atoms with Crippen molar-refractivity contribution in [3.63, 3.8) is 0 Å². The number of nitrogens with zero attached hydrogens (tertiary/aromatic N) is 3. The van der Waals surface area contributed by atoms with Crippen LogP contribution in [0.5, 0.6) is 5.75 Å². The lowest BCUT2D eigenvalue weighted by atomic mass is 10.0. The van der Waals surface area contributed by atoms with Gasteiger partial charge in [0.1, 0.15) is 28.4 Å². The van der Waals surface area contributed by atoms with Crippen LogP contribution in [0.3, 0.4) is 0 Å². The van der Waals surface area contributed by atoms with Crippen LogP contribution in [0.2, 0.25) is 0 Å². The van der Waals surface area contributed by atoms with Crippen molar-refractivity contribution < 1.29 is 24.2 Å². The highest BCUT2D eigenvalue weighted by atomic mass is 16.4. The minimum atomic E-state index is -1.25. The zero-order valence-corrected chi connectivity index (χ0v) is 22.2. The monoisotopic (exact) mass is 546 g/mol. The summed E-state index contributed by atoms with van der Waals surface area (Å²) < 4.78 is 7.77. The Bertz CT molecular complexity index is 1920. The van der Waals surface area contributed by atoms with E-state index in [-0.39, 0.29) is 17.2 Å². The number of anilines is 1. The van der Waals surface area contributed by atoms with E-state index in [0.717, 1.165) is 27.6 Å². The molecule has 0 fully saturated rings. The number of phenols is 1. The van der Waals surface area contributed by atoms with Crippen molar-refractivity contribution in [1.82, 2.24) is 15.0 Å². The van der Waals surface area contributed by atoms with Gasteiger partial charge in [0, 0.05) is 35.7 Å². The topological polar surface area (TPSA) is 130 Å². The van der Waals surface area contributed by atoms with Crippen LogP contribution < -0.4 is 5.32 Å². The number of furan rings is 1. The van der Waals surface area contributed by atoms with Crippen molar-refractivity contribution >= 4 is 39.3 Å². The average molecular weight is 547 g/mol. The van der Waals surface area contributed by atoms with Crippen molar-refractivity contribution in [1.29, 1.82) is 0 Å². The maximum atomic E-state index is 12.6. The summed E-state index contributed by atoms with van der Waals surface area (Å²) >= 11 is 0. The van der Waals surface area contributed by atoms with Crippen LogP contribution in [0.15, 0.2) is 89.5 Å². The largest absolute Gasteiger partial charge is 0.507 e. The summed E-state index contributed by atoms with van der Waals surface area (Å²) in [6, 6.07) is 24.2. The standard InChI is InChI=1S/C32H26N4O5/c1-19-8-10-21(11-9-19)31-30(25-16-24(32(39)40)27(37)17-28(25)41-31)26-18-36(35-34-26)14-4-7-29(38)33-23-13-12-20-5-2-3-6-22(20)15-23/h2-3,5-6,8-13,15-18,37H,4,7,14H2,1H3,(H,33,38)(H,39,40). The molecular formula is C32H26N4O5. The normalized spacial score (nSPS) is 11.2. The molecule has 2 aromatic heterocycles. The molecule has 0 aliphatic heterocycles. The van der Waals surface area contributed by atoms with Crippen LogP contribution in [-0.4, -0.2) is 37.1 Å². The molecule has 0 bridgehead atoms. The average Bonchev–Trinajstić information content (AvgIpc) is 3.57. The first-order valence-electron chi connectivity index (χ1n) is 13.1. The number of fused-ring (bicyclic) bond motifs is 2. The van der Waals surface area contributed by atoms with E-state index in [9.17, 15) is 19.8 Å². The van der Waals surface area contributed by atoms with Gasteiger partial charge in [-0.3, -0.25) is 9.48 Å². The van der Waals surface area contributed by atoms with Crippen molar-refractivity contribution in [3.8, 4) is 28.3 Å². The second-order valence-electron chi connectivity index (χ2n) is 9.92. The quantitative estimate of drug-likeness (QED) is 0.195. The number of carboxylic acids is 1. The smallest absolute Gasteiger partial charge is 0.339 e. The van der Waals surface area contributed by atoms with Gasteiger partial charge in [0.15, 0.2) is 0 Å². The molecule has 0 spiro atoms. The lowest BCUT2D eigenvalue weighted by Crippen LogP contribution is -2.12. The highest BCUT2D eigenvalue weighted by Gasteiger charge is 2.23. The summed E-state index contributed by atoms with van der Waals surface area (Å²) in [4.78, 5) is 24.3. The highest BCUT2D eigenvalue weighted by molar-refractivity contribution is 6.05. The summed E-state index contributed by atoms with van der Waals surface area (Å²) in [5.41, 5.74) is 3.76. The summed E-state index contributed by atoms with van der Waals surface area (Å²) in [5.74, 6) is -1.24. The Kier molecular flexibility index (Phi) is 6.68. The third-order valence-corrected chi connectivity index (χ3v) is 6.97. The van der Waals surface area contributed by atoms with Gasteiger partial charge in [-0.15, -0.1) is 5.10 Å². The minimum Gasteiger partial charge on any atom is -0.507 e. The molecule has 0 unspecified atom stereocenters. The van der Waals surface area contributed by atoms with E-state index < -0.39 is 5.97 Å². The zero-order chi connectivity index (χ0) is 28.5. The molecule has 0 saturated carbocycles. The van der Waals surface area contributed by atoms with E-state index in [0.29, 0.717) is 47.4 Å². The molecule has 9 nitrogen and oxygen atoms in total. The van der Waals surface area contributed by atoms with E-state index in [4.69, 9.17) is 4.42 Å². The Morgan fingerprint density at radius 3 is 2.54 bits per heavy atom. The van der Waals surface area contributed by atoms with Gasteiger partial charge in [0.25, 0.3) is 0 Å². The van der Waals surface area contributed by atoms with Crippen molar-refractivity contribution in [2.24, 2.45) is 0 Å². The maximum absolute atomic E-state index is 12.6. The summed E-state index contributed by atoms with van der Waals surface area (Å²) in [7, 11) is 0. The van der Waals surface area contributed by atoms with Crippen LogP contribution in [0.1, 0.15) is 28.8 Å². The number of benzene rings is 4. The maximum Gasteiger partial charge on any atom is 0.339 e. The minimum absolute atomic E-state index is 0.0934. The zero-order valence-electron chi connectivity index (χ0n) is 22.2. The molecule has 0 saturated heterocycles. The lowest BCUT2D eigenvalue weighted by Gasteiger charge is -2.07. The number of nitrogens with one attached hydrogen (secondary N) is 1. The number of rotatable bonds is 8. The number of aryl methyl sites for hydroxylation is 2. The Labute approximate surface area is 234 Å². The fourth-order valence-corrected chi connectivity index (χ4v) is 4.88. The van der Waals surface area contributed by atoms with Gasteiger partial charge >= 0.3 is 5.97 Å². The van der Waals surface area contributed by atoms with E-state index in [1.54, 1.807) is 10.9 Å². The van der Waals surface area contributed by atoms with E-state index >= 15 is 0 Å². The molecule has 6 rings (SSSR count). The molecule has 3 N–H and O–H groups in total. The Morgan fingerprint density at radius 2 is 1.76 bits per heavy atom. The van der Waals surface area contributed by atoms with Crippen LogP contribution in [0, 0.1) is 6.92 Å². The Hall–Kier alpha value is -5.44. The van der Waals surface area contributed by atoms with Gasteiger partial charge < -0.3 is 19.9 Å². The van der Waals surface area contributed by atoms with Gasteiger partial charge in [0.05, 0.1) is 11.8 Å². The molecule has 9 heteroatoms. The summed E-state index contributed by atoms with van der Waals surface area (Å²) in [6.45, 7) is 2.43. The molecular weight excluding hydrogens is 520 g/mol. The SMILES string of the molecule is Cc1ccc(-c2oc3cc(O)c(C(=O)O)cc3c2-c2cn(CCCC(=O)Nc3ccc4ccccc4c3)nn2)cc1. The van der Waals surface area contributed by atoms with Crippen LogP contribution in [0.4, 0.5) is 5.69 Å². The van der Waals surface area contributed by atoms with Gasteiger partial charge in [-0.2, -0.15) is 0 Å². The molecule has 0 aliphatic carbocycles. The predicted octanol–water partition coefficient (Wildman–Crippen LogP) is 6.64. The number of aromatic carboxylic acids is 1. The number of carbonyl (C=O) groups excluding carboxylic acids is 1. The van der Waals surface area contributed by atoms with E-state index in [1.165, 1.54) is 12.1 Å². The van der Waals surface area contributed by atoms with Crippen molar-refractivity contribution in [2.75, 3.05) is 5.32 Å². The molecule has 6 aromatic rings. The first-order chi connectivity index (χ1) is 19.9. The molecule has 4 aromatic carbocycles. The third kappa shape index (κ3) is 5.25. The fourth-order valence-electron chi connectivity index (χ4n) is 4.88. The van der Waals surface area contributed by atoms with Gasteiger partial charge in [-0.05, 0) is 42.3 Å². The molecule has 1 amide bonds. The van der Waals surface area contributed by atoms with Gasteiger partial charge in [0.2, 0.25) is 5.91 Å². The Morgan fingerprint density at radius 1 is 0.976 bits per heavy atom. The summed E-state index contributed by atoms with van der Waals surface area (Å²) in [6.07, 6.45) is 2.58. The summed E-state index contributed by atoms with van der Waals surface area (Å²) in [5, 5.41) is 34.0. The van der Waals surface area contributed by atoms with Crippen molar-refractivity contribution in [2.45, 2.75) is 26.3 Å². The number of aromatic nitrogens is 3.